The summed E-state index contributed by atoms with van der Waals surface area (Å²) < 4.78 is 0. The van der Waals surface area contributed by atoms with E-state index in [9.17, 15) is 4.79 Å². The van der Waals surface area contributed by atoms with E-state index in [4.69, 9.17) is 10.6 Å². The molecule has 0 spiro atoms. The maximum atomic E-state index is 12.6. The topological polar surface area (TPSA) is 64.4 Å². The summed E-state index contributed by atoms with van der Waals surface area (Å²) in [5.74, 6) is -0.00839. The fourth-order valence-electron chi connectivity index (χ4n) is 3.34. The summed E-state index contributed by atoms with van der Waals surface area (Å²) in [5.41, 5.74) is 9.51. The van der Waals surface area contributed by atoms with E-state index < -0.39 is 0 Å². The Kier molecular flexibility index (Phi) is 8.85. The second-order valence-corrected chi connectivity index (χ2v) is 6.87. The molecule has 1 aromatic rings. The summed E-state index contributed by atoms with van der Waals surface area (Å²) in [6.07, 6.45) is 10.8. The van der Waals surface area contributed by atoms with Crippen LogP contribution in [0.1, 0.15) is 63.4 Å². The Bertz CT molecular complexity index is 458. The van der Waals surface area contributed by atoms with Crippen LogP contribution in [-0.4, -0.2) is 18.6 Å². The molecule has 1 saturated carbocycles. The predicted octanol–water partition coefficient (Wildman–Crippen LogP) is 3.74. The summed E-state index contributed by atoms with van der Waals surface area (Å²) >= 11 is 0. The highest BCUT2D eigenvalue weighted by Gasteiger charge is 2.21. The van der Waals surface area contributed by atoms with Crippen LogP contribution in [-0.2, 0) is 16.1 Å². The molecule has 3 N–H and O–H groups in total. The van der Waals surface area contributed by atoms with Gasteiger partial charge >= 0.3 is 0 Å². The molecule has 0 aromatic heterocycles. The van der Waals surface area contributed by atoms with Crippen LogP contribution in [0, 0.1) is 5.92 Å². The van der Waals surface area contributed by atoms with E-state index in [0.717, 1.165) is 51.5 Å². The Balaban J connectivity index is 1.83. The molecule has 0 aliphatic heterocycles. The third-order valence-electron chi connectivity index (χ3n) is 4.83. The summed E-state index contributed by atoms with van der Waals surface area (Å²) in [6, 6.07) is 10.2. The molecule has 1 aliphatic carbocycles. The van der Waals surface area contributed by atoms with E-state index in [1.807, 2.05) is 18.2 Å². The number of hydrogen-bond acceptors (Lipinski definition) is 3. The number of benzene rings is 1. The molecule has 1 amide bonds. The SMILES string of the molecule is NCCCCC[C@H](Cc1ccccc1)C(=O)NOC1CCCCC1. The highest BCUT2D eigenvalue weighted by molar-refractivity contribution is 5.77. The third-order valence-corrected chi connectivity index (χ3v) is 4.83. The number of carbonyl (C=O) groups is 1. The van der Waals surface area contributed by atoms with Crippen molar-refractivity contribution in [2.45, 2.75) is 70.3 Å². The molecule has 0 heterocycles. The van der Waals surface area contributed by atoms with Gasteiger partial charge < -0.3 is 5.73 Å². The fraction of sp³-hybridized carbons (Fsp3) is 0.650. The number of carbonyl (C=O) groups excluding carboxylic acids is 1. The molecule has 134 valence electrons. The molecule has 0 unspecified atom stereocenters. The van der Waals surface area contributed by atoms with Crippen LogP contribution < -0.4 is 11.2 Å². The van der Waals surface area contributed by atoms with Crippen LogP contribution in [0.3, 0.4) is 0 Å². The lowest BCUT2D eigenvalue weighted by Crippen LogP contribution is -2.36. The number of nitrogens with two attached hydrogens (primary N) is 1. The van der Waals surface area contributed by atoms with Crippen molar-refractivity contribution >= 4 is 5.91 Å². The first-order chi connectivity index (χ1) is 11.8. The highest BCUT2D eigenvalue weighted by atomic mass is 16.7. The van der Waals surface area contributed by atoms with Gasteiger partial charge in [-0.2, -0.15) is 0 Å². The molecule has 4 heteroatoms. The number of nitrogens with one attached hydrogen (secondary N) is 1. The van der Waals surface area contributed by atoms with E-state index in [1.165, 1.54) is 24.8 Å². The van der Waals surface area contributed by atoms with Crippen molar-refractivity contribution in [3.63, 3.8) is 0 Å². The normalized spacial score (nSPS) is 16.7. The zero-order chi connectivity index (χ0) is 17.0. The van der Waals surface area contributed by atoms with Crippen molar-refractivity contribution in [1.82, 2.24) is 5.48 Å². The minimum atomic E-state index is -0.0336. The average molecular weight is 332 g/mol. The minimum Gasteiger partial charge on any atom is -0.330 e. The van der Waals surface area contributed by atoms with E-state index in [1.54, 1.807) is 0 Å². The molecule has 1 atom stereocenters. The summed E-state index contributed by atoms with van der Waals surface area (Å²) in [5, 5.41) is 0. The summed E-state index contributed by atoms with van der Waals surface area (Å²) in [7, 11) is 0. The smallest absolute Gasteiger partial charge is 0.246 e. The highest BCUT2D eigenvalue weighted by Crippen LogP contribution is 2.20. The van der Waals surface area contributed by atoms with Crippen LogP contribution in [0.4, 0.5) is 0 Å². The fourth-order valence-corrected chi connectivity index (χ4v) is 3.34. The first-order valence-electron chi connectivity index (χ1n) is 9.49. The lowest BCUT2D eigenvalue weighted by atomic mass is 9.93. The molecule has 0 bridgehead atoms. The number of hydrogen-bond donors (Lipinski definition) is 2. The van der Waals surface area contributed by atoms with E-state index in [-0.39, 0.29) is 17.9 Å². The van der Waals surface area contributed by atoms with E-state index in [0.29, 0.717) is 0 Å². The molecule has 1 aliphatic rings. The molecule has 2 rings (SSSR count). The Morgan fingerprint density at radius 2 is 1.88 bits per heavy atom. The van der Waals surface area contributed by atoms with Crippen LogP contribution in [0.5, 0.6) is 0 Å². The number of hydroxylamine groups is 1. The van der Waals surface area contributed by atoms with Gasteiger partial charge in [0.05, 0.1) is 6.10 Å². The van der Waals surface area contributed by atoms with Crippen molar-refractivity contribution in [2.75, 3.05) is 6.54 Å². The predicted molar refractivity (Wildman–Crippen MR) is 97.3 cm³/mol. The van der Waals surface area contributed by atoms with Gasteiger partial charge in [-0.1, -0.05) is 62.4 Å². The summed E-state index contributed by atoms with van der Waals surface area (Å²) in [6.45, 7) is 0.723. The molecule has 0 saturated heterocycles. The van der Waals surface area contributed by atoms with Gasteiger partial charge in [-0.15, -0.1) is 0 Å². The zero-order valence-electron chi connectivity index (χ0n) is 14.7. The minimum absolute atomic E-state index is 0.0252. The molecular formula is C20H32N2O2. The van der Waals surface area contributed by atoms with Gasteiger partial charge in [-0.05, 0) is 44.2 Å². The lowest BCUT2D eigenvalue weighted by Gasteiger charge is -2.23. The van der Waals surface area contributed by atoms with Gasteiger partial charge in [0.25, 0.3) is 0 Å². The Hall–Kier alpha value is -1.39. The van der Waals surface area contributed by atoms with Gasteiger partial charge in [-0.3, -0.25) is 9.63 Å². The monoisotopic (exact) mass is 332 g/mol. The Morgan fingerprint density at radius 1 is 1.12 bits per heavy atom. The van der Waals surface area contributed by atoms with Crippen molar-refractivity contribution in [1.29, 1.82) is 0 Å². The summed E-state index contributed by atoms with van der Waals surface area (Å²) in [4.78, 5) is 18.3. The quantitative estimate of drug-likeness (QED) is 0.507. The largest absolute Gasteiger partial charge is 0.330 e. The first-order valence-corrected chi connectivity index (χ1v) is 9.49. The maximum Gasteiger partial charge on any atom is 0.246 e. The Morgan fingerprint density at radius 3 is 2.58 bits per heavy atom. The van der Waals surface area contributed by atoms with Crippen molar-refractivity contribution in [3.05, 3.63) is 35.9 Å². The average Bonchev–Trinajstić information content (AvgIpc) is 2.64. The van der Waals surface area contributed by atoms with Gasteiger partial charge in [0.2, 0.25) is 5.91 Å². The maximum absolute atomic E-state index is 12.6. The number of unbranched alkanes of at least 4 members (excludes halogenated alkanes) is 2. The van der Waals surface area contributed by atoms with Gasteiger partial charge in [0.15, 0.2) is 0 Å². The van der Waals surface area contributed by atoms with Gasteiger partial charge in [-0.25, -0.2) is 5.48 Å². The first kappa shape index (κ1) is 18.9. The third kappa shape index (κ3) is 7.02. The van der Waals surface area contributed by atoms with E-state index >= 15 is 0 Å². The Labute approximate surface area is 146 Å². The van der Waals surface area contributed by atoms with E-state index in [2.05, 4.69) is 17.6 Å². The number of rotatable bonds is 10. The molecular weight excluding hydrogens is 300 g/mol. The molecule has 0 radical (unpaired) electrons. The molecule has 1 aromatic carbocycles. The van der Waals surface area contributed by atoms with Gasteiger partial charge in [0, 0.05) is 5.92 Å². The van der Waals surface area contributed by atoms with Gasteiger partial charge in [0.1, 0.15) is 0 Å². The van der Waals surface area contributed by atoms with Crippen LogP contribution in [0.25, 0.3) is 0 Å². The van der Waals surface area contributed by atoms with Crippen LogP contribution >= 0.6 is 0 Å². The van der Waals surface area contributed by atoms with Crippen molar-refractivity contribution in [2.24, 2.45) is 11.7 Å². The second kappa shape index (κ2) is 11.2. The molecule has 4 nitrogen and oxygen atoms in total. The zero-order valence-corrected chi connectivity index (χ0v) is 14.7. The van der Waals surface area contributed by atoms with Crippen molar-refractivity contribution < 1.29 is 9.63 Å². The molecule has 1 fully saturated rings. The van der Waals surface area contributed by atoms with Crippen LogP contribution in [0.15, 0.2) is 30.3 Å². The lowest BCUT2D eigenvalue weighted by molar-refractivity contribution is -0.144. The standard InChI is InChI=1S/C20H32N2O2/c21-15-9-3-6-12-18(16-17-10-4-1-5-11-17)20(23)22-24-19-13-7-2-8-14-19/h1,4-5,10-11,18-19H,2-3,6-9,12-16,21H2,(H,22,23)/t18-/m1/s1. The second-order valence-electron chi connectivity index (χ2n) is 6.87. The number of amides is 1. The van der Waals surface area contributed by atoms with Crippen LogP contribution in [0.2, 0.25) is 0 Å². The van der Waals surface area contributed by atoms with Crippen molar-refractivity contribution in [3.8, 4) is 0 Å². The molecule has 24 heavy (non-hydrogen) atoms.